The third-order valence-electron chi connectivity index (χ3n) is 6.71. The number of fused-ring (bicyclic) bond motifs is 1. The zero-order valence-electron chi connectivity index (χ0n) is 13.9. The first-order valence-electron chi connectivity index (χ1n) is 8.72. The molecular formula is C18H27NO3. The van der Waals surface area contributed by atoms with E-state index in [-0.39, 0.29) is 29.6 Å². The minimum atomic E-state index is -0.528. The van der Waals surface area contributed by atoms with Crippen molar-refractivity contribution in [1.29, 1.82) is 0 Å². The van der Waals surface area contributed by atoms with Crippen LogP contribution in [0.1, 0.15) is 46.5 Å². The number of ether oxygens (including phenoxy) is 2. The summed E-state index contributed by atoms with van der Waals surface area (Å²) in [6, 6.07) is 0. The molecule has 0 aromatic carbocycles. The summed E-state index contributed by atoms with van der Waals surface area (Å²) in [6.45, 7) is 10.8. The van der Waals surface area contributed by atoms with Gasteiger partial charge in [0.05, 0.1) is 0 Å². The van der Waals surface area contributed by atoms with Crippen molar-refractivity contribution < 1.29 is 14.3 Å². The molecule has 0 aromatic rings. The Bertz CT molecular complexity index is 520. The maximum absolute atomic E-state index is 12.9. The van der Waals surface area contributed by atoms with Crippen molar-refractivity contribution in [3.05, 3.63) is 12.7 Å². The summed E-state index contributed by atoms with van der Waals surface area (Å²) < 4.78 is 13.0. The first-order valence-corrected chi connectivity index (χ1v) is 8.72. The van der Waals surface area contributed by atoms with Gasteiger partial charge in [-0.05, 0) is 38.0 Å². The van der Waals surface area contributed by atoms with Crippen LogP contribution in [-0.2, 0) is 14.3 Å². The molecule has 1 amide bonds. The van der Waals surface area contributed by atoms with Gasteiger partial charge in [0.1, 0.15) is 5.60 Å². The number of nitrogens with zero attached hydrogens (tertiary/aromatic N) is 1. The molecule has 4 nitrogen and oxygen atoms in total. The summed E-state index contributed by atoms with van der Waals surface area (Å²) in [5, 5.41) is 0. The van der Waals surface area contributed by atoms with Gasteiger partial charge in [-0.25, -0.2) is 0 Å². The Kier molecular flexibility index (Phi) is 3.06. The number of piperidine rings is 1. The molecule has 3 saturated heterocycles. The van der Waals surface area contributed by atoms with Crippen molar-refractivity contribution in [2.24, 2.45) is 23.7 Å². The fourth-order valence-electron chi connectivity index (χ4n) is 5.74. The van der Waals surface area contributed by atoms with Gasteiger partial charge in [-0.15, -0.1) is 6.58 Å². The first-order chi connectivity index (χ1) is 10.4. The van der Waals surface area contributed by atoms with E-state index >= 15 is 0 Å². The molecule has 1 spiro atoms. The van der Waals surface area contributed by atoms with E-state index in [1.165, 1.54) is 6.42 Å². The van der Waals surface area contributed by atoms with Crippen molar-refractivity contribution in [1.82, 2.24) is 4.90 Å². The molecule has 0 unspecified atom stereocenters. The third-order valence-corrected chi connectivity index (χ3v) is 6.71. The Morgan fingerprint density at radius 3 is 2.82 bits per heavy atom. The summed E-state index contributed by atoms with van der Waals surface area (Å²) in [5.74, 6) is 1.10. The van der Waals surface area contributed by atoms with Gasteiger partial charge in [-0.2, -0.15) is 0 Å². The molecule has 4 fully saturated rings. The van der Waals surface area contributed by atoms with Crippen LogP contribution in [0, 0.1) is 23.7 Å². The fourth-order valence-corrected chi connectivity index (χ4v) is 5.74. The Labute approximate surface area is 132 Å². The van der Waals surface area contributed by atoms with Crippen LogP contribution in [0.25, 0.3) is 0 Å². The Hall–Kier alpha value is -0.870. The molecule has 4 heteroatoms. The number of carbonyl (C=O) groups excluding carboxylic acids is 1. The minimum absolute atomic E-state index is 0.00949. The maximum atomic E-state index is 12.9. The van der Waals surface area contributed by atoms with Crippen LogP contribution in [0.5, 0.6) is 0 Å². The highest BCUT2D eigenvalue weighted by Crippen LogP contribution is 2.63. The molecule has 1 aliphatic carbocycles. The largest absolute Gasteiger partial charge is 0.338 e. The third kappa shape index (κ3) is 1.63. The van der Waals surface area contributed by atoms with E-state index < -0.39 is 5.79 Å². The molecular weight excluding hydrogens is 278 g/mol. The van der Waals surface area contributed by atoms with Crippen molar-refractivity contribution in [3.8, 4) is 0 Å². The number of amides is 1. The van der Waals surface area contributed by atoms with E-state index in [4.69, 9.17) is 9.47 Å². The van der Waals surface area contributed by atoms with E-state index in [1.807, 2.05) is 11.8 Å². The van der Waals surface area contributed by atoms with Crippen LogP contribution in [0.4, 0.5) is 0 Å². The fraction of sp³-hybridized carbons (Fsp3) is 0.833. The zero-order valence-corrected chi connectivity index (χ0v) is 13.9. The highest BCUT2D eigenvalue weighted by Gasteiger charge is 2.72. The first kappa shape index (κ1) is 14.7. The van der Waals surface area contributed by atoms with Crippen LogP contribution in [0.15, 0.2) is 12.7 Å². The molecule has 1 saturated carbocycles. The average Bonchev–Trinajstić information content (AvgIpc) is 2.70. The molecule has 0 aromatic heterocycles. The number of hydrogen-bond donors (Lipinski definition) is 0. The second kappa shape index (κ2) is 4.57. The summed E-state index contributed by atoms with van der Waals surface area (Å²) in [5.41, 5.74) is -0.305. The average molecular weight is 305 g/mol. The van der Waals surface area contributed by atoms with E-state index in [1.54, 1.807) is 6.08 Å². The minimum Gasteiger partial charge on any atom is -0.338 e. The van der Waals surface area contributed by atoms with Crippen LogP contribution in [-0.4, -0.2) is 35.0 Å². The van der Waals surface area contributed by atoms with E-state index in [2.05, 4.69) is 20.4 Å². The molecule has 4 aliphatic rings. The van der Waals surface area contributed by atoms with Gasteiger partial charge in [-0.1, -0.05) is 19.9 Å². The standard InChI is InChI=1S/C18H27NO3/c1-5-10-19-15(20)12(3)14-7-6-11(2)13-8-9-17(4)21-16(19)18(13,14)22-17/h5,11-14,16H,1,6-10H2,2-4H3/t11-,12+,13-,14-,16-,17-,18+/m0/s1. The van der Waals surface area contributed by atoms with Crippen LogP contribution >= 0.6 is 0 Å². The van der Waals surface area contributed by atoms with Gasteiger partial charge in [0.15, 0.2) is 12.0 Å². The molecule has 3 heterocycles. The van der Waals surface area contributed by atoms with Gasteiger partial charge in [-0.3, -0.25) is 4.79 Å². The number of likely N-dealkylation sites (tertiary alicyclic amines) is 1. The quantitative estimate of drug-likeness (QED) is 0.736. The predicted octanol–water partition coefficient (Wildman–Crippen LogP) is 2.93. The Morgan fingerprint density at radius 2 is 2.09 bits per heavy atom. The molecule has 122 valence electrons. The van der Waals surface area contributed by atoms with Crippen LogP contribution in [0.3, 0.4) is 0 Å². The zero-order chi connectivity index (χ0) is 15.7. The molecule has 7 atom stereocenters. The lowest BCUT2D eigenvalue weighted by Gasteiger charge is -2.59. The van der Waals surface area contributed by atoms with Gasteiger partial charge < -0.3 is 14.4 Å². The SMILES string of the molecule is C=CCN1C(=O)[C@H](C)[C@@H]2CC[C@H](C)[C@@H]3CC[C@@]4(C)O[C@H]1[C@@]32O4. The number of carbonyl (C=O) groups is 1. The lowest BCUT2D eigenvalue weighted by molar-refractivity contribution is -0.254. The van der Waals surface area contributed by atoms with E-state index in [9.17, 15) is 4.79 Å². The maximum Gasteiger partial charge on any atom is 0.228 e. The van der Waals surface area contributed by atoms with Gasteiger partial charge in [0.25, 0.3) is 0 Å². The highest BCUT2D eigenvalue weighted by atomic mass is 16.8. The Morgan fingerprint density at radius 1 is 1.32 bits per heavy atom. The molecule has 2 bridgehead atoms. The second-order valence-corrected chi connectivity index (χ2v) is 7.93. The van der Waals surface area contributed by atoms with Crippen LogP contribution < -0.4 is 0 Å². The lowest BCUT2D eigenvalue weighted by Crippen LogP contribution is -2.70. The van der Waals surface area contributed by atoms with E-state index in [0.29, 0.717) is 18.4 Å². The van der Waals surface area contributed by atoms with Crippen molar-refractivity contribution >= 4 is 5.91 Å². The van der Waals surface area contributed by atoms with Crippen molar-refractivity contribution in [2.45, 2.75) is 64.1 Å². The van der Waals surface area contributed by atoms with Crippen molar-refractivity contribution in [2.75, 3.05) is 6.54 Å². The predicted molar refractivity (Wildman–Crippen MR) is 82.8 cm³/mol. The molecule has 3 aliphatic heterocycles. The van der Waals surface area contributed by atoms with Crippen molar-refractivity contribution in [3.63, 3.8) is 0 Å². The normalized spacial score (nSPS) is 53.3. The van der Waals surface area contributed by atoms with Gasteiger partial charge >= 0.3 is 0 Å². The summed E-state index contributed by atoms with van der Waals surface area (Å²) in [6.07, 6.45) is 5.91. The summed E-state index contributed by atoms with van der Waals surface area (Å²) >= 11 is 0. The summed E-state index contributed by atoms with van der Waals surface area (Å²) in [7, 11) is 0. The second-order valence-electron chi connectivity index (χ2n) is 7.93. The van der Waals surface area contributed by atoms with E-state index in [0.717, 1.165) is 19.3 Å². The smallest absolute Gasteiger partial charge is 0.228 e. The number of rotatable bonds is 2. The van der Waals surface area contributed by atoms with Crippen LogP contribution in [0.2, 0.25) is 0 Å². The Balaban J connectivity index is 1.85. The molecule has 4 rings (SSSR count). The topological polar surface area (TPSA) is 38.8 Å². The van der Waals surface area contributed by atoms with Gasteiger partial charge in [0, 0.05) is 24.8 Å². The molecule has 22 heavy (non-hydrogen) atoms. The lowest BCUT2D eigenvalue weighted by atomic mass is 9.56. The summed E-state index contributed by atoms with van der Waals surface area (Å²) in [4.78, 5) is 14.8. The molecule has 0 N–H and O–H groups in total. The number of hydrogen-bond acceptors (Lipinski definition) is 3. The van der Waals surface area contributed by atoms with Gasteiger partial charge in [0.2, 0.25) is 5.91 Å². The monoisotopic (exact) mass is 305 g/mol. The highest BCUT2D eigenvalue weighted by molar-refractivity contribution is 5.81. The molecule has 0 radical (unpaired) electrons.